The van der Waals surface area contributed by atoms with E-state index in [0.717, 1.165) is 115 Å². The lowest BCUT2D eigenvalue weighted by Crippen LogP contribution is -2.30. The Hall–Kier alpha value is -2.46. The number of phosphoric acid groups is 2. The predicted octanol–water partition coefficient (Wildman–Crippen LogP) is 20.7. The third-order valence-electron chi connectivity index (χ3n) is 16.7. The van der Waals surface area contributed by atoms with Gasteiger partial charge in [0.2, 0.25) is 0 Å². The van der Waals surface area contributed by atoms with Crippen LogP contribution in [0.3, 0.4) is 0 Å². The third kappa shape index (κ3) is 64.9. The van der Waals surface area contributed by atoms with E-state index < -0.39 is 97.5 Å². The molecule has 0 fully saturated rings. The van der Waals surface area contributed by atoms with Crippen molar-refractivity contribution >= 4 is 39.5 Å². The number of aliphatic hydroxyl groups is 1. The van der Waals surface area contributed by atoms with Crippen molar-refractivity contribution < 1.29 is 80.2 Å². The fourth-order valence-electron chi connectivity index (χ4n) is 10.5. The SMILES string of the molecule is CCCCCC/C=C\C=C/CCCCCCCC(=O)O[C@H](COC(=O)CCCCCCCCCCCCCCC(C)C)COP(=O)(O)OC[C@@H](O)COP(=O)(O)OC[C@@H](COC(=O)CCCCCCCCCCCC)OC(=O)CCCCCCCCCCC(C)CC. The van der Waals surface area contributed by atoms with Crippen molar-refractivity contribution in [3.63, 3.8) is 0 Å². The summed E-state index contributed by atoms with van der Waals surface area (Å²) in [5.41, 5.74) is 0. The van der Waals surface area contributed by atoms with Crippen LogP contribution in [0.25, 0.3) is 0 Å². The number of aliphatic hydroxyl groups excluding tert-OH is 1. The van der Waals surface area contributed by atoms with Gasteiger partial charge in [-0.3, -0.25) is 37.3 Å². The van der Waals surface area contributed by atoms with Gasteiger partial charge in [0, 0.05) is 25.7 Å². The Morgan fingerprint density at radius 2 is 0.641 bits per heavy atom. The summed E-state index contributed by atoms with van der Waals surface area (Å²) >= 11 is 0. The van der Waals surface area contributed by atoms with Gasteiger partial charge in [0.05, 0.1) is 26.4 Å². The standard InChI is InChI=1S/C73H138O17P2/c1-7-10-12-14-16-18-20-21-22-23-28-32-39-45-51-57-72(77)89-68(61-84-71(76)56-50-44-38-31-27-25-24-26-29-35-41-47-53-65(4)5)63-87-91(79,80)85-59-67(74)60-86-92(81,82)88-64-69(62-83-70(75)55-49-43-37-30-19-17-15-13-11-8-2)90-73(78)58-52-46-40-34-33-36-42-48-54-66(6)9-3/h18,20-22,65-69,74H,7-17,19,23-64H2,1-6H3,(H,79,80)(H,81,82)/b20-18-,22-21-/t66?,67-,68-,69-/m1/s1. The zero-order valence-corrected chi connectivity index (χ0v) is 61.1. The van der Waals surface area contributed by atoms with E-state index in [-0.39, 0.29) is 25.7 Å². The molecule has 0 spiro atoms. The van der Waals surface area contributed by atoms with Crippen molar-refractivity contribution in [3.05, 3.63) is 24.3 Å². The number of allylic oxidation sites excluding steroid dienone is 4. The molecule has 0 rings (SSSR count). The van der Waals surface area contributed by atoms with Crippen LogP contribution >= 0.6 is 15.6 Å². The first-order chi connectivity index (χ1) is 44.4. The van der Waals surface area contributed by atoms with Crippen LogP contribution in [0.2, 0.25) is 0 Å². The number of carbonyl (C=O) groups is 4. The Bertz CT molecular complexity index is 1880. The molecule has 3 N–H and O–H groups in total. The average Bonchev–Trinajstić information content (AvgIpc) is 1.70. The van der Waals surface area contributed by atoms with Gasteiger partial charge in [0.15, 0.2) is 12.2 Å². The highest BCUT2D eigenvalue weighted by atomic mass is 31.2. The first-order valence-corrected chi connectivity index (χ1v) is 40.3. The highest BCUT2D eigenvalue weighted by molar-refractivity contribution is 7.47. The molecule has 0 saturated carbocycles. The maximum atomic E-state index is 13.0. The van der Waals surface area contributed by atoms with E-state index in [9.17, 15) is 43.2 Å². The molecule has 0 radical (unpaired) electrons. The average molecular weight is 1350 g/mol. The maximum absolute atomic E-state index is 13.0. The molecule has 92 heavy (non-hydrogen) atoms. The molecule has 542 valence electrons. The lowest BCUT2D eigenvalue weighted by molar-refractivity contribution is -0.161. The zero-order valence-electron chi connectivity index (χ0n) is 59.3. The van der Waals surface area contributed by atoms with Gasteiger partial charge in [-0.25, -0.2) is 9.13 Å². The molecule has 0 aliphatic heterocycles. The first-order valence-electron chi connectivity index (χ1n) is 37.3. The van der Waals surface area contributed by atoms with E-state index in [1.807, 2.05) is 0 Å². The number of rotatable bonds is 70. The molecule has 0 aliphatic carbocycles. The normalized spacial score (nSPS) is 14.5. The first kappa shape index (κ1) is 89.5. The molecule has 6 atom stereocenters. The number of hydrogen-bond donors (Lipinski definition) is 3. The molecule has 0 aromatic heterocycles. The molecule has 0 saturated heterocycles. The fraction of sp³-hybridized carbons (Fsp3) is 0.890. The van der Waals surface area contributed by atoms with Crippen molar-refractivity contribution in [3.8, 4) is 0 Å². The van der Waals surface area contributed by atoms with Gasteiger partial charge in [-0.05, 0) is 63.2 Å². The van der Waals surface area contributed by atoms with E-state index in [0.29, 0.717) is 25.7 Å². The van der Waals surface area contributed by atoms with E-state index in [4.69, 9.17) is 37.0 Å². The number of esters is 4. The number of carbonyl (C=O) groups excluding carboxylic acids is 4. The summed E-state index contributed by atoms with van der Waals surface area (Å²) in [5.74, 6) is -0.604. The van der Waals surface area contributed by atoms with Gasteiger partial charge in [-0.2, -0.15) is 0 Å². The number of hydrogen-bond acceptors (Lipinski definition) is 15. The smallest absolute Gasteiger partial charge is 0.462 e. The Morgan fingerprint density at radius 3 is 0.978 bits per heavy atom. The molecule has 0 aromatic carbocycles. The molecular formula is C73H138O17P2. The van der Waals surface area contributed by atoms with Crippen LogP contribution < -0.4 is 0 Å². The van der Waals surface area contributed by atoms with Crippen LogP contribution in [0.5, 0.6) is 0 Å². The van der Waals surface area contributed by atoms with Crippen LogP contribution in [-0.4, -0.2) is 96.7 Å². The maximum Gasteiger partial charge on any atom is 0.472 e. The van der Waals surface area contributed by atoms with Crippen molar-refractivity contribution in [2.75, 3.05) is 39.6 Å². The molecular weight excluding hydrogens is 1210 g/mol. The van der Waals surface area contributed by atoms with Crippen molar-refractivity contribution in [1.82, 2.24) is 0 Å². The molecule has 19 heteroatoms. The topological polar surface area (TPSA) is 237 Å². The summed E-state index contributed by atoms with van der Waals surface area (Å²) in [4.78, 5) is 72.6. The number of unbranched alkanes of at least 4 members (excludes halogenated alkanes) is 36. The summed E-state index contributed by atoms with van der Waals surface area (Å²) < 4.78 is 68.3. The minimum atomic E-state index is -4.96. The molecule has 0 heterocycles. The second-order valence-corrected chi connectivity index (χ2v) is 29.3. The second-order valence-electron chi connectivity index (χ2n) is 26.4. The van der Waals surface area contributed by atoms with Crippen molar-refractivity contribution in [2.45, 2.75) is 368 Å². The van der Waals surface area contributed by atoms with Gasteiger partial charge in [-0.15, -0.1) is 0 Å². The summed E-state index contributed by atoms with van der Waals surface area (Å²) in [7, 11) is -9.92. The summed E-state index contributed by atoms with van der Waals surface area (Å²) in [6, 6.07) is 0. The number of phosphoric ester groups is 2. The monoisotopic (exact) mass is 1350 g/mol. The van der Waals surface area contributed by atoms with Gasteiger partial charge >= 0.3 is 39.5 Å². The van der Waals surface area contributed by atoms with E-state index >= 15 is 0 Å². The van der Waals surface area contributed by atoms with Crippen LogP contribution in [0.4, 0.5) is 0 Å². The van der Waals surface area contributed by atoms with Crippen molar-refractivity contribution in [2.24, 2.45) is 11.8 Å². The quantitative estimate of drug-likeness (QED) is 0.0169. The minimum absolute atomic E-state index is 0.0849. The van der Waals surface area contributed by atoms with Gasteiger partial charge in [0.25, 0.3) is 0 Å². The molecule has 0 aliphatic rings. The largest absolute Gasteiger partial charge is 0.472 e. The Balaban J connectivity index is 5.29. The number of ether oxygens (including phenoxy) is 4. The summed E-state index contributed by atoms with van der Waals surface area (Å²) in [6.07, 6.45) is 53.4. The fourth-order valence-corrected chi connectivity index (χ4v) is 12.1. The predicted molar refractivity (Wildman–Crippen MR) is 372 cm³/mol. The molecule has 0 amide bonds. The lowest BCUT2D eigenvalue weighted by Gasteiger charge is -2.21. The van der Waals surface area contributed by atoms with Crippen molar-refractivity contribution in [1.29, 1.82) is 0 Å². The third-order valence-corrected chi connectivity index (χ3v) is 18.6. The highest BCUT2D eigenvalue weighted by Gasteiger charge is 2.30. The van der Waals surface area contributed by atoms with Crippen LogP contribution in [0, 0.1) is 11.8 Å². The minimum Gasteiger partial charge on any atom is -0.462 e. The van der Waals surface area contributed by atoms with E-state index in [1.165, 1.54) is 154 Å². The Morgan fingerprint density at radius 1 is 0.359 bits per heavy atom. The molecule has 0 bridgehead atoms. The lowest BCUT2D eigenvalue weighted by atomic mass is 9.99. The van der Waals surface area contributed by atoms with Gasteiger partial charge < -0.3 is 33.8 Å². The Labute approximate surface area is 561 Å². The van der Waals surface area contributed by atoms with Gasteiger partial charge in [0.1, 0.15) is 19.3 Å². The summed E-state index contributed by atoms with van der Waals surface area (Å²) in [6.45, 7) is 9.50. The highest BCUT2D eigenvalue weighted by Crippen LogP contribution is 2.45. The summed E-state index contributed by atoms with van der Waals surface area (Å²) in [5, 5.41) is 10.6. The van der Waals surface area contributed by atoms with Crippen LogP contribution in [0.1, 0.15) is 350 Å². The molecule has 0 aromatic rings. The zero-order chi connectivity index (χ0) is 67.9. The van der Waals surface area contributed by atoms with Gasteiger partial charge in [-0.1, -0.05) is 297 Å². The van der Waals surface area contributed by atoms with E-state index in [2.05, 4.69) is 65.8 Å². The second kappa shape index (κ2) is 64.5. The molecule has 17 nitrogen and oxygen atoms in total. The van der Waals surface area contributed by atoms with E-state index in [1.54, 1.807) is 0 Å². The van der Waals surface area contributed by atoms with Crippen LogP contribution in [-0.2, 0) is 65.4 Å². The Kier molecular flexibility index (Phi) is 62.8. The van der Waals surface area contributed by atoms with Crippen LogP contribution in [0.15, 0.2) is 24.3 Å². The molecule has 3 unspecified atom stereocenters.